The van der Waals surface area contributed by atoms with Gasteiger partial charge in [-0.3, -0.25) is 15.0 Å². The van der Waals surface area contributed by atoms with E-state index in [4.69, 9.17) is 33.3 Å². The van der Waals surface area contributed by atoms with Crippen molar-refractivity contribution in [3.63, 3.8) is 0 Å². The number of carbonyl (C=O) groups excluding carboxylic acids is 2. The zero-order valence-corrected chi connectivity index (χ0v) is 22.3. The maximum absolute atomic E-state index is 13.1. The Balaban J connectivity index is 1.57. The number of allylic oxidation sites excluding steroid dienone is 1. The molecule has 0 unspecified atom stereocenters. The number of rotatable bonds is 9. The first-order valence-electron chi connectivity index (χ1n) is 11.2. The molecule has 1 saturated heterocycles. The van der Waals surface area contributed by atoms with E-state index < -0.39 is 11.8 Å². The molecule has 1 heterocycles. The summed E-state index contributed by atoms with van der Waals surface area (Å²) in [7, 11) is 1.56. The molecule has 1 N–H and O–H groups in total. The second-order valence-electron chi connectivity index (χ2n) is 7.94. The Bertz CT molecular complexity index is 1370. The van der Waals surface area contributed by atoms with Crippen LogP contribution in [0.3, 0.4) is 0 Å². The van der Waals surface area contributed by atoms with Crippen LogP contribution in [-0.2, 0) is 17.8 Å². The van der Waals surface area contributed by atoms with Crippen LogP contribution in [0.25, 0.3) is 6.08 Å². The molecular weight excluding hydrogens is 528 g/mol. The number of thioether (sulfide) groups is 1. The van der Waals surface area contributed by atoms with Crippen molar-refractivity contribution in [3.8, 4) is 11.5 Å². The van der Waals surface area contributed by atoms with Crippen molar-refractivity contribution >= 4 is 57.8 Å². The summed E-state index contributed by atoms with van der Waals surface area (Å²) in [6, 6.07) is 19.7. The molecule has 1 aliphatic heterocycles. The van der Waals surface area contributed by atoms with E-state index in [9.17, 15) is 9.59 Å². The van der Waals surface area contributed by atoms with Crippen LogP contribution in [0.15, 0.2) is 84.3 Å². The maximum atomic E-state index is 13.1. The highest BCUT2D eigenvalue weighted by Crippen LogP contribution is 2.37. The van der Waals surface area contributed by atoms with Crippen molar-refractivity contribution in [1.82, 2.24) is 10.4 Å². The molecule has 0 aromatic heterocycles. The van der Waals surface area contributed by atoms with Crippen molar-refractivity contribution in [1.29, 1.82) is 0 Å². The topological polar surface area (TPSA) is 67.9 Å². The summed E-state index contributed by atoms with van der Waals surface area (Å²) in [5, 5.41) is 1.75. The quantitative estimate of drug-likeness (QED) is 0.194. The highest BCUT2D eigenvalue weighted by molar-refractivity contribution is 8.26. The van der Waals surface area contributed by atoms with Gasteiger partial charge in [-0.05, 0) is 72.2 Å². The normalized spacial score (nSPS) is 14.1. The molecule has 1 aliphatic rings. The Labute approximate surface area is 229 Å². The van der Waals surface area contributed by atoms with Gasteiger partial charge in [-0.25, -0.2) is 0 Å². The van der Waals surface area contributed by atoms with E-state index in [1.165, 1.54) is 0 Å². The first-order valence-corrected chi connectivity index (χ1v) is 12.8. The van der Waals surface area contributed by atoms with E-state index in [-0.39, 0.29) is 4.32 Å². The highest BCUT2D eigenvalue weighted by Gasteiger charge is 2.34. The minimum absolute atomic E-state index is 0.238. The van der Waals surface area contributed by atoms with Gasteiger partial charge in [-0.2, -0.15) is 5.01 Å². The number of hydrazine groups is 1. The molecule has 4 rings (SSSR count). The SMILES string of the molecule is C=CCc1cc(/C=C2\SC(=S)N(NC(=O)c3ccccc3)C2=O)cc(OC)c1OCc1ccc(Cl)cc1. The molecule has 2 amide bonds. The molecule has 0 aliphatic carbocycles. The number of methoxy groups -OCH3 is 1. The van der Waals surface area contributed by atoms with Crippen LogP contribution in [-0.4, -0.2) is 28.3 Å². The lowest BCUT2D eigenvalue weighted by atomic mass is 10.0. The fraction of sp³-hybridized carbons (Fsp3) is 0.107. The summed E-state index contributed by atoms with van der Waals surface area (Å²) < 4.78 is 12.0. The van der Waals surface area contributed by atoms with Crippen LogP contribution in [0.1, 0.15) is 27.0 Å². The van der Waals surface area contributed by atoms with Crippen molar-refractivity contribution in [3.05, 3.63) is 112 Å². The average molecular weight is 551 g/mol. The van der Waals surface area contributed by atoms with Crippen molar-refractivity contribution < 1.29 is 19.1 Å². The Hall–Kier alpha value is -3.59. The van der Waals surface area contributed by atoms with E-state index in [1.54, 1.807) is 49.6 Å². The number of thiocarbonyl (C=S) groups is 1. The number of ether oxygens (including phenoxy) is 2. The predicted molar refractivity (Wildman–Crippen MR) is 152 cm³/mol. The van der Waals surface area contributed by atoms with Gasteiger partial charge in [0.15, 0.2) is 15.8 Å². The summed E-state index contributed by atoms with van der Waals surface area (Å²) in [5.41, 5.74) is 5.54. The van der Waals surface area contributed by atoms with Crippen LogP contribution < -0.4 is 14.9 Å². The maximum Gasteiger partial charge on any atom is 0.285 e. The third-order valence-corrected chi connectivity index (χ3v) is 6.93. The number of nitrogens with one attached hydrogen (secondary N) is 1. The number of benzene rings is 3. The van der Waals surface area contributed by atoms with Gasteiger partial charge in [0.25, 0.3) is 11.8 Å². The van der Waals surface area contributed by atoms with Gasteiger partial charge in [-0.1, -0.05) is 59.8 Å². The molecule has 0 atom stereocenters. The molecule has 0 saturated carbocycles. The molecule has 37 heavy (non-hydrogen) atoms. The molecule has 3 aromatic carbocycles. The highest BCUT2D eigenvalue weighted by atomic mass is 35.5. The van der Waals surface area contributed by atoms with E-state index in [1.807, 2.05) is 36.4 Å². The van der Waals surface area contributed by atoms with Gasteiger partial charge in [0.05, 0.1) is 12.0 Å². The standard InChI is InChI=1S/C28H23ClN2O4S2/c1-3-7-21-14-19(15-23(34-2)25(21)35-17-18-10-12-22(29)13-11-18)16-24-27(33)31(28(36)37-24)30-26(32)20-8-5-4-6-9-20/h3-6,8-16H,1,7,17H2,2H3,(H,30,32)/b24-16-. The summed E-state index contributed by atoms with van der Waals surface area (Å²) in [5.74, 6) is 0.284. The predicted octanol–water partition coefficient (Wildman–Crippen LogP) is 6.20. The van der Waals surface area contributed by atoms with E-state index in [2.05, 4.69) is 12.0 Å². The fourth-order valence-electron chi connectivity index (χ4n) is 3.60. The first kappa shape index (κ1) is 26.5. The third-order valence-electron chi connectivity index (χ3n) is 5.38. The number of hydrogen-bond donors (Lipinski definition) is 1. The lowest BCUT2D eigenvalue weighted by Crippen LogP contribution is -2.44. The Morgan fingerprint density at radius 2 is 1.89 bits per heavy atom. The van der Waals surface area contributed by atoms with E-state index in [0.29, 0.717) is 40.0 Å². The van der Waals surface area contributed by atoms with Crippen LogP contribution in [0.5, 0.6) is 11.5 Å². The van der Waals surface area contributed by atoms with Crippen molar-refractivity contribution in [2.45, 2.75) is 13.0 Å². The van der Waals surface area contributed by atoms with Gasteiger partial charge in [0.1, 0.15) is 6.61 Å². The van der Waals surface area contributed by atoms with Gasteiger partial charge in [-0.15, -0.1) is 6.58 Å². The molecule has 0 radical (unpaired) electrons. The van der Waals surface area contributed by atoms with Crippen LogP contribution >= 0.6 is 35.6 Å². The fourth-order valence-corrected chi connectivity index (χ4v) is 4.90. The Morgan fingerprint density at radius 3 is 2.57 bits per heavy atom. The van der Waals surface area contributed by atoms with E-state index >= 15 is 0 Å². The number of halogens is 1. The minimum Gasteiger partial charge on any atom is -0.493 e. The van der Waals surface area contributed by atoms with Crippen molar-refractivity contribution in [2.24, 2.45) is 0 Å². The second kappa shape index (κ2) is 12.1. The molecule has 0 spiro atoms. The molecule has 0 bridgehead atoms. The summed E-state index contributed by atoms with van der Waals surface area (Å²) in [6.07, 6.45) is 4.01. The first-order chi connectivity index (χ1) is 17.9. The van der Waals surface area contributed by atoms with Crippen LogP contribution in [0, 0.1) is 0 Å². The molecule has 188 valence electrons. The third kappa shape index (κ3) is 6.40. The van der Waals surface area contributed by atoms with Gasteiger partial charge < -0.3 is 9.47 Å². The Kier molecular flexibility index (Phi) is 8.66. The number of nitrogens with zero attached hydrogens (tertiary/aromatic N) is 1. The van der Waals surface area contributed by atoms with Gasteiger partial charge in [0, 0.05) is 16.1 Å². The zero-order valence-electron chi connectivity index (χ0n) is 19.9. The molecule has 9 heteroatoms. The van der Waals surface area contributed by atoms with Crippen molar-refractivity contribution in [2.75, 3.05) is 7.11 Å². The average Bonchev–Trinajstić information content (AvgIpc) is 3.16. The number of amides is 2. The summed E-state index contributed by atoms with van der Waals surface area (Å²) in [6.45, 7) is 4.18. The Morgan fingerprint density at radius 1 is 1.16 bits per heavy atom. The molecule has 3 aromatic rings. The number of carbonyl (C=O) groups is 2. The zero-order chi connectivity index (χ0) is 26.4. The van der Waals surface area contributed by atoms with Crippen LogP contribution in [0.2, 0.25) is 5.02 Å². The minimum atomic E-state index is -0.421. The van der Waals surface area contributed by atoms with E-state index in [0.717, 1.165) is 33.5 Å². The van der Waals surface area contributed by atoms with Crippen LogP contribution in [0.4, 0.5) is 0 Å². The molecular formula is C28H23ClN2O4S2. The smallest absolute Gasteiger partial charge is 0.285 e. The second-order valence-corrected chi connectivity index (χ2v) is 10.1. The van der Waals surface area contributed by atoms with Gasteiger partial charge >= 0.3 is 0 Å². The lowest BCUT2D eigenvalue weighted by Gasteiger charge is -2.16. The van der Waals surface area contributed by atoms with Gasteiger partial charge in [0.2, 0.25) is 0 Å². The lowest BCUT2D eigenvalue weighted by molar-refractivity contribution is -0.123. The monoisotopic (exact) mass is 550 g/mol. The number of hydrogen-bond acceptors (Lipinski definition) is 6. The largest absolute Gasteiger partial charge is 0.493 e. The summed E-state index contributed by atoms with van der Waals surface area (Å²) in [4.78, 5) is 26.0. The molecule has 6 nitrogen and oxygen atoms in total. The molecule has 1 fully saturated rings. The summed E-state index contributed by atoms with van der Waals surface area (Å²) >= 11 is 12.4.